The Morgan fingerprint density at radius 3 is 2.78 bits per heavy atom. The van der Waals surface area contributed by atoms with Crippen LogP contribution in [0.2, 0.25) is 0 Å². The first-order valence-corrected chi connectivity index (χ1v) is 9.70. The minimum Gasteiger partial charge on any atom is -0.446 e. The van der Waals surface area contributed by atoms with E-state index in [2.05, 4.69) is 15.6 Å². The number of nitrogens with one attached hydrogen (secondary N) is 2. The number of methoxy groups -OCH3 is 1. The molecule has 27 heavy (non-hydrogen) atoms. The third-order valence-corrected chi connectivity index (χ3v) is 5.23. The van der Waals surface area contributed by atoms with Crippen LogP contribution in [0.4, 0.5) is 4.79 Å². The fourth-order valence-electron chi connectivity index (χ4n) is 3.76. The van der Waals surface area contributed by atoms with Crippen molar-refractivity contribution in [1.29, 1.82) is 0 Å². The number of amidine groups is 1. The average molecular weight is 378 g/mol. The van der Waals surface area contributed by atoms with E-state index in [1.807, 2.05) is 24.8 Å². The van der Waals surface area contributed by atoms with E-state index in [0.717, 1.165) is 32.4 Å². The predicted octanol–water partition coefficient (Wildman–Crippen LogP) is 1.08. The first kappa shape index (κ1) is 19.8. The van der Waals surface area contributed by atoms with Crippen LogP contribution in [-0.4, -0.2) is 74.3 Å². The topological polar surface area (TPSA) is 92.3 Å². The van der Waals surface area contributed by atoms with Gasteiger partial charge in [-0.2, -0.15) is 0 Å². The van der Waals surface area contributed by atoms with Crippen LogP contribution in [0, 0.1) is 5.92 Å². The van der Waals surface area contributed by atoms with Gasteiger partial charge in [0.25, 0.3) is 0 Å². The molecular weight excluding hydrogens is 348 g/mol. The normalized spacial score (nSPS) is 25.8. The number of aliphatic imine (C=N–C) groups is 1. The number of rotatable bonds is 6. The molecule has 1 saturated heterocycles. The minimum absolute atomic E-state index is 0.0428. The van der Waals surface area contributed by atoms with E-state index in [0.29, 0.717) is 24.8 Å². The zero-order valence-corrected chi connectivity index (χ0v) is 16.4. The van der Waals surface area contributed by atoms with E-state index in [9.17, 15) is 9.59 Å². The number of carbonyl (C=O) groups excluding carboxylic acids is 2. The summed E-state index contributed by atoms with van der Waals surface area (Å²) in [6.07, 6.45) is 4.50. The number of likely N-dealkylation sites (tertiary alicyclic amines) is 1. The lowest BCUT2D eigenvalue weighted by Crippen LogP contribution is -2.55. The third-order valence-electron chi connectivity index (χ3n) is 5.23. The molecule has 2 aliphatic heterocycles. The van der Waals surface area contributed by atoms with Gasteiger partial charge in [-0.15, -0.1) is 0 Å². The molecule has 8 heteroatoms. The second-order valence-corrected chi connectivity index (χ2v) is 7.86. The summed E-state index contributed by atoms with van der Waals surface area (Å²) >= 11 is 0. The van der Waals surface area contributed by atoms with Gasteiger partial charge in [-0.3, -0.25) is 14.7 Å². The fraction of sp³-hybridized carbons (Fsp3) is 0.737. The van der Waals surface area contributed by atoms with Crippen LogP contribution >= 0.6 is 0 Å². The van der Waals surface area contributed by atoms with Crippen molar-refractivity contribution in [2.45, 2.75) is 51.4 Å². The van der Waals surface area contributed by atoms with Crippen LogP contribution in [-0.2, 0) is 14.3 Å². The van der Waals surface area contributed by atoms with E-state index >= 15 is 0 Å². The summed E-state index contributed by atoms with van der Waals surface area (Å²) in [7, 11) is 1.69. The van der Waals surface area contributed by atoms with Crippen LogP contribution in [0.15, 0.2) is 16.6 Å². The Balaban J connectivity index is 1.40. The van der Waals surface area contributed by atoms with Crippen LogP contribution < -0.4 is 10.6 Å². The third kappa shape index (κ3) is 5.52. The quantitative estimate of drug-likeness (QED) is 0.721. The van der Waals surface area contributed by atoms with Gasteiger partial charge in [-0.25, -0.2) is 4.79 Å². The van der Waals surface area contributed by atoms with Gasteiger partial charge < -0.3 is 20.1 Å². The van der Waals surface area contributed by atoms with Crippen molar-refractivity contribution in [3.63, 3.8) is 0 Å². The Morgan fingerprint density at radius 2 is 2.07 bits per heavy atom. The fourth-order valence-corrected chi connectivity index (χ4v) is 3.76. The van der Waals surface area contributed by atoms with E-state index in [-0.39, 0.29) is 30.3 Å². The predicted molar refractivity (Wildman–Crippen MR) is 102 cm³/mol. The highest BCUT2D eigenvalue weighted by atomic mass is 16.6. The van der Waals surface area contributed by atoms with Crippen molar-refractivity contribution in [3.8, 4) is 0 Å². The number of hydrogen-bond donors (Lipinski definition) is 2. The molecule has 0 aromatic rings. The molecule has 2 fully saturated rings. The summed E-state index contributed by atoms with van der Waals surface area (Å²) in [4.78, 5) is 30.3. The second-order valence-electron chi connectivity index (χ2n) is 7.86. The van der Waals surface area contributed by atoms with Crippen molar-refractivity contribution in [3.05, 3.63) is 11.6 Å². The molecule has 2 N–H and O–H groups in total. The summed E-state index contributed by atoms with van der Waals surface area (Å²) in [6, 6.07) is 0.0726. The molecule has 0 bridgehead atoms. The molecule has 8 nitrogen and oxygen atoms in total. The molecule has 3 aliphatic rings. The minimum atomic E-state index is -0.345. The maximum absolute atomic E-state index is 12.1. The Kier molecular flexibility index (Phi) is 6.49. The number of carbonyl (C=O) groups is 2. The molecule has 2 heterocycles. The molecule has 0 aromatic heterocycles. The largest absolute Gasteiger partial charge is 0.446 e. The van der Waals surface area contributed by atoms with Crippen LogP contribution in [0.25, 0.3) is 0 Å². The summed E-state index contributed by atoms with van der Waals surface area (Å²) in [5.74, 6) is 0.956. The molecule has 1 aliphatic carbocycles. The lowest BCUT2D eigenvalue weighted by Gasteiger charge is -2.37. The first-order chi connectivity index (χ1) is 12.9. The highest BCUT2D eigenvalue weighted by molar-refractivity contribution is 6.06. The molecular formula is C19H30N4O4. The molecule has 150 valence electrons. The maximum Gasteiger partial charge on any atom is 0.407 e. The molecule has 0 unspecified atom stereocenters. The first-order valence-electron chi connectivity index (χ1n) is 9.70. The van der Waals surface area contributed by atoms with Gasteiger partial charge >= 0.3 is 6.09 Å². The highest BCUT2D eigenvalue weighted by Crippen LogP contribution is 2.34. The SMILES string of the molecule is COC1CN(CC(=O)NC2=NCC([C@H]3CC[C@@H](OC(=O)NC(C)C)C3)=C2)C1. The molecule has 2 atom stereocenters. The van der Waals surface area contributed by atoms with Gasteiger partial charge in [-0.05, 0) is 50.7 Å². The molecule has 2 amide bonds. The van der Waals surface area contributed by atoms with Gasteiger partial charge in [-0.1, -0.05) is 0 Å². The lowest BCUT2D eigenvalue weighted by molar-refractivity contribution is -0.124. The second kappa shape index (κ2) is 8.84. The number of alkyl carbamates (subject to hydrolysis) is 1. The van der Waals surface area contributed by atoms with E-state index in [4.69, 9.17) is 9.47 Å². The van der Waals surface area contributed by atoms with Crippen molar-refractivity contribution >= 4 is 17.8 Å². The summed E-state index contributed by atoms with van der Waals surface area (Å²) in [6.45, 7) is 6.39. The monoisotopic (exact) mass is 378 g/mol. The standard InChI is InChI=1S/C19H30N4O4/c1-12(2)21-19(25)27-15-5-4-13(6-15)14-7-17(20-8-14)22-18(24)11-23-9-16(10-23)26-3/h7,12-13,15-16H,4-6,8-11H2,1-3H3,(H,21,25)(H,20,22,24)/t13-,15+/m0/s1. The van der Waals surface area contributed by atoms with Crippen molar-refractivity contribution in [2.75, 3.05) is 33.3 Å². The Labute approximate surface area is 160 Å². The lowest BCUT2D eigenvalue weighted by atomic mass is 9.98. The van der Waals surface area contributed by atoms with Crippen LogP contribution in [0.5, 0.6) is 0 Å². The number of nitrogens with zero attached hydrogens (tertiary/aromatic N) is 2. The Morgan fingerprint density at radius 1 is 1.30 bits per heavy atom. The van der Waals surface area contributed by atoms with Crippen LogP contribution in [0.3, 0.4) is 0 Å². The van der Waals surface area contributed by atoms with Crippen molar-refractivity contribution in [1.82, 2.24) is 15.5 Å². The zero-order valence-electron chi connectivity index (χ0n) is 16.4. The van der Waals surface area contributed by atoms with Crippen molar-refractivity contribution in [2.24, 2.45) is 10.9 Å². The van der Waals surface area contributed by atoms with Gasteiger partial charge in [0.05, 0.1) is 19.2 Å². The highest BCUT2D eigenvalue weighted by Gasteiger charge is 2.32. The van der Waals surface area contributed by atoms with E-state index in [1.54, 1.807) is 7.11 Å². The Hall–Kier alpha value is -1.93. The summed E-state index contributed by atoms with van der Waals surface area (Å²) < 4.78 is 10.7. The molecule has 1 saturated carbocycles. The zero-order chi connectivity index (χ0) is 19.4. The van der Waals surface area contributed by atoms with E-state index < -0.39 is 0 Å². The molecule has 0 aromatic carbocycles. The number of amides is 2. The van der Waals surface area contributed by atoms with Gasteiger partial charge in [0.1, 0.15) is 11.9 Å². The average Bonchev–Trinajstić information content (AvgIpc) is 3.18. The smallest absolute Gasteiger partial charge is 0.407 e. The van der Waals surface area contributed by atoms with Crippen LogP contribution in [0.1, 0.15) is 33.1 Å². The molecule has 3 rings (SSSR count). The van der Waals surface area contributed by atoms with Crippen molar-refractivity contribution < 1.29 is 19.1 Å². The van der Waals surface area contributed by atoms with E-state index in [1.165, 1.54) is 5.57 Å². The number of hydrogen-bond acceptors (Lipinski definition) is 6. The molecule has 0 radical (unpaired) electrons. The van der Waals surface area contributed by atoms with Gasteiger partial charge in [0.15, 0.2) is 0 Å². The maximum atomic E-state index is 12.1. The Bertz CT molecular complexity index is 625. The van der Waals surface area contributed by atoms with Gasteiger partial charge in [0, 0.05) is 26.2 Å². The molecule has 0 spiro atoms. The summed E-state index contributed by atoms with van der Waals surface area (Å²) in [5, 5.41) is 5.64. The summed E-state index contributed by atoms with van der Waals surface area (Å²) in [5.41, 5.74) is 1.21. The van der Waals surface area contributed by atoms with Gasteiger partial charge in [0.2, 0.25) is 5.91 Å². The number of ether oxygens (including phenoxy) is 2.